The van der Waals surface area contributed by atoms with Crippen molar-refractivity contribution in [1.29, 1.82) is 5.26 Å². The summed E-state index contributed by atoms with van der Waals surface area (Å²) < 4.78 is 11.0. The fourth-order valence-electron chi connectivity index (χ4n) is 1.71. The summed E-state index contributed by atoms with van der Waals surface area (Å²) in [5.41, 5.74) is -0.507. The Bertz CT molecular complexity index is 238. The van der Waals surface area contributed by atoms with E-state index in [4.69, 9.17) is 14.7 Å². The average molecular weight is 242 g/mol. The molecule has 100 valence electrons. The molecule has 2 atom stereocenters. The zero-order valence-corrected chi connectivity index (χ0v) is 11.7. The SMILES string of the molecule is CCNC(C)(C#N)CC(C)OCCOC(C)C. The summed E-state index contributed by atoms with van der Waals surface area (Å²) in [6.45, 7) is 11.9. The topological polar surface area (TPSA) is 54.3 Å². The molecule has 0 bridgehead atoms. The molecular formula is C13H26N2O2. The second kappa shape index (κ2) is 8.46. The molecule has 4 heteroatoms. The fraction of sp³-hybridized carbons (Fsp3) is 0.923. The van der Waals surface area contributed by atoms with Crippen molar-refractivity contribution >= 4 is 0 Å². The van der Waals surface area contributed by atoms with Gasteiger partial charge in [0.1, 0.15) is 5.54 Å². The molecule has 17 heavy (non-hydrogen) atoms. The Morgan fingerprint density at radius 2 is 1.82 bits per heavy atom. The summed E-state index contributed by atoms with van der Waals surface area (Å²) in [7, 11) is 0. The van der Waals surface area contributed by atoms with E-state index < -0.39 is 5.54 Å². The van der Waals surface area contributed by atoms with Gasteiger partial charge in [-0.05, 0) is 34.2 Å². The van der Waals surface area contributed by atoms with Gasteiger partial charge in [0, 0.05) is 6.42 Å². The highest BCUT2D eigenvalue weighted by Crippen LogP contribution is 2.13. The highest BCUT2D eigenvalue weighted by Gasteiger charge is 2.25. The molecule has 0 aromatic rings. The molecule has 2 unspecified atom stereocenters. The van der Waals surface area contributed by atoms with E-state index >= 15 is 0 Å². The molecule has 0 aromatic heterocycles. The summed E-state index contributed by atoms with van der Waals surface area (Å²) in [4.78, 5) is 0. The van der Waals surface area contributed by atoms with Crippen LogP contribution in [-0.2, 0) is 9.47 Å². The second-order valence-corrected chi connectivity index (χ2v) is 4.78. The van der Waals surface area contributed by atoms with Crippen LogP contribution < -0.4 is 5.32 Å². The molecule has 0 aliphatic carbocycles. The minimum atomic E-state index is -0.507. The van der Waals surface area contributed by atoms with Crippen LogP contribution in [0.5, 0.6) is 0 Å². The van der Waals surface area contributed by atoms with Gasteiger partial charge in [0.15, 0.2) is 0 Å². The number of hydrogen-bond donors (Lipinski definition) is 1. The summed E-state index contributed by atoms with van der Waals surface area (Å²) in [6, 6.07) is 2.30. The van der Waals surface area contributed by atoms with Crippen LogP contribution in [0.15, 0.2) is 0 Å². The van der Waals surface area contributed by atoms with E-state index in [-0.39, 0.29) is 12.2 Å². The largest absolute Gasteiger partial charge is 0.376 e. The minimum absolute atomic E-state index is 0.0504. The van der Waals surface area contributed by atoms with E-state index in [1.54, 1.807) is 0 Å². The van der Waals surface area contributed by atoms with Crippen LogP contribution in [0.1, 0.15) is 41.0 Å². The van der Waals surface area contributed by atoms with Gasteiger partial charge >= 0.3 is 0 Å². The van der Waals surface area contributed by atoms with Crippen molar-refractivity contribution in [3.05, 3.63) is 0 Å². The molecule has 1 N–H and O–H groups in total. The van der Waals surface area contributed by atoms with Gasteiger partial charge in [0.05, 0.1) is 31.5 Å². The average Bonchev–Trinajstić information content (AvgIpc) is 2.24. The first kappa shape index (κ1) is 16.4. The highest BCUT2D eigenvalue weighted by molar-refractivity contribution is 5.04. The molecule has 0 radical (unpaired) electrons. The van der Waals surface area contributed by atoms with Crippen LogP contribution in [0, 0.1) is 11.3 Å². The summed E-state index contributed by atoms with van der Waals surface area (Å²) in [5.74, 6) is 0. The number of ether oxygens (including phenoxy) is 2. The zero-order chi connectivity index (χ0) is 13.3. The molecule has 0 saturated heterocycles. The Labute approximate surface area is 105 Å². The molecule has 0 saturated carbocycles. The Balaban J connectivity index is 3.84. The van der Waals surface area contributed by atoms with Gasteiger partial charge in [-0.1, -0.05) is 6.92 Å². The standard InChI is InChI=1S/C13H26N2O2/c1-6-15-13(5,10-14)9-12(4)17-8-7-16-11(2)3/h11-12,15H,6-9H2,1-5H3. The third-order valence-electron chi connectivity index (χ3n) is 2.45. The van der Waals surface area contributed by atoms with E-state index in [9.17, 15) is 0 Å². The molecular weight excluding hydrogens is 216 g/mol. The Morgan fingerprint density at radius 1 is 1.24 bits per heavy atom. The molecule has 0 fully saturated rings. The van der Waals surface area contributed by atoms with Crippen molar-refractivity contribution in [2.24, 2.45) is 0 Å². The first-order valence-corrected chi connectivity index (χ1v) is 6.33. The van der Waals surface area contributed by atoms with E-state index in [2.05, 4.69) is 11.4 Å². The van der Waals surface area contributed by atoms with Crippen LogP contribution >= 0.6 is 0 Å². The second-order valence-electron chi connectivity index (χ2n) is 4.78. The Hall–Kier alpha value is -0.630. The monoisotopic (exact) mass is 242 g/mol. The molecule has 0 aromatic carbocycles. The van der Waals surface area contributed by atoms with E-state index in [0.29, 0.717) is 19.6 Å². The van der Waals surface area contributed by atoms with E-state index in [1.165, 1.54) is 0 Å². The van der Waals surface area contributed by atoms with Crippen LogP contribution in [0.3, 0.4) is 0 Å². The van der Waals surface area contributed by atoms with E-state index in [1.807, 2.05) is 34.6 Å². The van der Waals surface area contributed by atoms with Crippen molar-refractivity contribution in [2.75, 3.05) is 19.8 Å². The smallest absolute Gasteiger partial charge is 0.106 e. The molecule has 0 heterocycles. The van der Waals surface area contributed by atoms with Gasteiger partial charge in [-0.3, -0.25) is 5.32 Å². The van der Waals surface area contributed by atoms with Crippen LogP contribution in [0.25, 0.3) is 0 Å². The highest BCUT2D eigenvalue weighted by atomic mass is 16.5. The summed E-state index contributed by atoms with van der Waals surface area (Å²) >= 11 is 0. The van der Waals surface area contributed by atoms with Crippen LogP contribution in [0.2, 0.25) is 0 Å². The lowest BCUT2D eigenvalue weighted by molar-refractivity contribution is -0.0138. The Morgan fingerprint density at radius 3 is 2.29 bits per heavy atom. The van der Waals surface area contributed by atoms with Crippen molar-refractivity contribution in [3.8, 4) is 6.07 Å². The molecule has 0 aliphatic heterocycles. The zero-order valence-electron chi connectivity index (χ0n) is 11.7. The predicted octanol–water partition coefficient (Wildman–Crippen LogP) is 2.10. The lowest BCUT2D eigenvalue weighted by atomic mass is 9.96. The molecule has 0 amide bonds. The maximum Gasteiger partial charge on any atom is 0.106 e. The maximum atomic E-state index is 9.12. The van der Waals surface area contributed by atoms with E-state index in [0.717, 1.165) is 6.54 Å². The van der Waals surface area contributed by atoms with Gasteiger partial charge in [-0.15, -0.1) is 0 Å². The molecule has 4 nitrogen and oxygen atoms in total. The number of nitriles is 1. The van der Waals surface area contributed by atoms with Gasteiger partial charge < -0.3 is 9.47 Å². The fourth-order valence-corrected chi connectivity index (χ4v) is 1.71. The lowest BCUT2D eigenvalue weighted by Gasteiger charge is -2.26. The number of nitrogens with zero attached hydrogens (tertiary/aromatic N) is 1. The Kier molecular flexibility index (Phi) is 8.15. The predicted molar refractivity (Wildman–Crippen MR) is 68.8 cm³/mol. The van der Waals surface area contributed by atoms with Crippen molar-refractivity contribution in [1.82, 2.24) is 5.32 Å². The number of rotatable bonds is 9. The molecule has 0 rings (SSSR count). The van der Waals surface area contributed by atoms with Crippen molar-refractivity contribution in [3.63, 3.8) is 0 Å². The minimum Gasteiger partial charge on any atom is -0.376 e. The lowest BCUT2D eigenvalue weighted by Crippen LogP contribution is -2.43. The van der Waals surface area contributed by atoms with Gasteiger partial charge in [-0.2, -0.15) is 5.26 Å². The first-order valence-electron chi connectivity index (χ1n) is 6.33. The molecule has 0 spiro atoms. The number of hydrogen-bond acceptors (Lipinski definition) is 4. The quantitative estimate of drug-likeness (QED) is 0.629. The summed E-state index contributed by atoms with van der Waals surface area (Å²) in [5, 5.41) is 12.3. The normalized spacial score (nSPS) is 16.5. The van der Waals surface area contributed by atoms with Crippen LogP contribution in [-0.4, -0.2) is 37.5 Å². The maximum absolute atomic E-state index is 9.12. The van der Waals surface area contributed by atoms with Gasteiger partial charge in [-0.25, -0.2) is 0 Å². The summed E-state index contributed by atoms with van der Waals surface area (Å²) in [6.07, 6.45) is 0.966. The number of nitrogens with one attached hydrogen (secondary N) is 1. The van der Waals surface area contributed by atoms with Crippen molar-refractivity contribution < 1.29 is 9.47 Å². The third kappa shape index (κ3) is 8.14. The third-order valence-corrected chi connectivity index (χ3v) is 2.45. The van der Waals surface area contributed by atoms with Crippen molar-refractivity contribution in [2.45, 2.75) is 58.8 Å². The van der Waals surface area contributed by atoms with Gasteiger partial charge in [0.2, 0.25) is 0 Å². The van der Waals surface area contributed by atoms with Gasteiger partial charge in [0.25, 0.3) is 0 Å². The molecule has 0 aliphatic rings. The first-order chi connectivity index (χ1) is 7.93. The van der Waals surface area contributed by atoms with Crippen LogP contribution in [0.4, 0.5) is 0 Å².